The molecule has 0 spiro atoms. The number of aromatic nitrogens is 2. The number of nitrogens with one attached hydrogen (secondary N) is 2. The average molecular weight is 525 g/mol. The third-order valence-electron chi connectivity index (χ3n) is 6.73. The van der Waals surface area contributed by atoms with Crippen LogP contribution in [0.25, 0.3) is 33.0 Å². The van der Waals surface area contributed by atoms with Gasteiger partial charge in [0.2, 0.25) is 0 Å². The Bertz CT molecular complexity index is 1530. The molecule has 186 valence electrons. The van der Waals surface area contributed by atoms with E-state index in [0.717, 1.165) is 34.9 Å². The molecule has 3 N–H and O–H groups in total. The van der Waals surface area contributed by atoms with Crippen molar-refractivity contribution in [2.45, 2.75) is 26.5 Å². The predicted octanol–water partition coefficient (Wildman–Crippen LogP) is 4.70. The molecular weight excluding hydrogens is 499 g/mol. The van der Waals surface area contributed by atoms with Crippen LogP contribution in [0.1, 0.15) is 25.0 Å². The van der Waals surface area contributed by atoms with E-state index in [1.807, 2.05) is 22.9 Å². The van der Waals surface area contributed by atoms with E-state index in [9.17, 15) is 14.7 Å². The normalized spacial score (nSPS) is 15.1. The van der Waals surface area contributed by atoms with E-state index in [2.05, 4.69) is 29.0 Å². The number of carbonyl (C=O) groups excluding carboxylic acids is 2. The smallest absolute Gasteiger partial charge is 0.259 e. The number of aromatic amines is 1. The molecule has 1 unspecified atom stereocenters. The molecule has 0 fully saturated rings. The van der Waals surface area contributed by atoms with E-state index in [1.54, 1.807) is 30.5 Å². The number of hydrogen-bond acceptors (Lipinski definition) is 4. The third-order valence-corrected chi connectivity index (χ3v) is 7.20. The quantitative estimate of drug-likeness (QED) is 0.291. The predicted molar refractivity (Wildman–Crippen MR) is 144 cm³/mol. The Morgan fingerprint density at radius 3 is 2.28 bits per heavy atom. The first-order chi connectivity index (χ1) is 17.3. The van der Waals surface area contributed by atoms with Crippen molar-refractivity contribution >= 4 is 68.0 Å². The highest BCUT2D eigenvalue weighted by atomic mass is 35.5. The molecule has 0 saturated carbocycles. The summed E-state index contributed by atoms with van der Waals surface area (Å²) in [6.07, 6.45) is 2.92. The maximum atomic E-state index is 13.2. The summed E-state index contributed by atoms with van der Waals surface area (Å²) in [6.45, 7) is 6.65. The first kappa shape index (κ1) is 24.6. The van der Waals surface area contributed by atoms with Crippen LogP contribution in [0.2, 0.25) is 10.0 Å². The Balaban J connectivity index is 1.68. The molecule has 4 aromatic rings. The number of benzene rings is 2. The van der Waals surface area contributed by atoms with Gasteiger partial charge in [-0.05, 0) is 49.5 Å². The van der Waals surface area contributed by atoms with Crippen molar-refractivity contribution in [3.05, 3.63) is 70.0 Å². The molecule has 1 aliphatic rings. The van der Waals surface area contributed by atoms with Gasteiger partial charge in [0.25, 0.3) is 11.8 Å². The largest absolute Gasteiger partial charge is 0.390 e. The van der Waals surface area contributed by atoms with E-state index in [4.69, 9.17) is 23.2 Å². The van der Waals surface area contributed by atoms with Gasteiger partial charge < -0.3 is 19.6 Å². The van der Waals surface area contributed by atoms with Crippen LogP contribution in [-0.2, 0) is 16.1 Å². The van der Waals surface area contributed by atoms with Crippen LogP contribution < -0.4 is 5.32 Å². The molecule has 7 nitrogen and oxygen atoms in total. The fraction of sp³-hybridized carbons (Fsp3) is 0.259. The van der Waals surface area contributed by atoms with E-state index in [-0.39, 0.29) is 11.1 Å². The SMILES string of the molecule is CCN(CC)CC(O)Cn1cc(C2=C(c3c[nH]c4ccc(Cl)cc34)C(=O)NC2=O)c2cc(Cl)ccc21. The summed E-state index contributed by atoms with van der Waals surface area (Å²) in [6, 6.07) is 10.8. The number of halogens is 2. The Morgan fingerprint density at radius 2 is 1.58 bits per heavy atom. The van der Waals surface area contributed by atoms with Crippen molar-refractivity contribution < 1.29 is 14.7 Å². The molecule has 1 aliphatic heterocycles. The lowest BCUT2D eigenvalue weighted by molar-refractivity contribution is -0.122. The zero-order valence-electron chi connectivity index (χ0n) is 19.9. The first-order valence-electron chi connectivity index (χ1n) is 11.9. The first-order valence-corrected chi connectivity index (χ1v) is 12.6. The summed E-state index contributed by atoms with van der Waals surface area (Å²) < 4.78 is 1.92. The fourth-order valence-corrected chi connectivity index (χ4v) is 5.30. The molecule has 2 amide bonds. The Morgan fingerprint density at radius 1 is 0.944 bits per heavy atom. The molecular formula is C27H26Cl2N4O3. The van der Waals surface area contributed by atoms with Crippen molar-refractivity contribution in [2.24, 2.45) is 0 Å². The lowest BCUT2D eigenvalue weighted by Crippen LogP contribution is -2.34. The number of hydrogen-bond donors (Lipinski definition) is 3. The zero-order valence-corrected chi connectivity index (χ0v) is 21.5. The standard InChI is InChI=1S/C27H26Cl2N4O3/c1-3-32(4-2)12-17(34)13-33-14-21(19-10-16(29)6-8-23(19)33)25-24(26(35)31-27(25)36)20-11-30-22-7-5-15(28)9-18(20)22/h5-11,14,17,30,34H,3-4,12-13H2,1-2H3,(H,31,35,36). The van der Waals surface area contributed by atoms with Crippen molar-refractivity contribution in [1.82, 2.24) is 19.8 Å². The summed E-state index contributed by atoms with van der Waals surface area (Å²) in [5.41, 5.74) is 3.33. The topological polar surface area (TPSA) is 90.4 Å². The molecule has 0 bridgehead atoms. The molecule has 36 heavy (non-hydrogen) atoms. The summed E-state index contributed by atoms with van der Waals surface area (Å²) >= 11 is 12.6. The second-order valence-corrected chi connectivity index (χ2v) is 9.79. The lowest BCUT2D eigenvalue weighted by atomic mass is 9.95. The highest BCUT2D eigenvalue weighted by Crippen LogP contribution is 2.39. The number of carbonyl (C=O) groups is 2. The maximum absolute atomic E-state index is 13.2. The monoisotopic (exact) mass is 524 g/mol. The van der Waals surface area contributed by atoms with Crippen LogP contribution in [0.5, 0.6) is 0 Å². The highest BCUT2D eigenvalue weighted by Gasteiger charge is 2.35. The minimum absolute atomic E-state index is 0.269. The Hall–Kier alpha value is -3.10. The van der Waals surface area contributed by atoms with E-state index in [0.29, 0.717) is 34.3 Å². The van der Waals surface area contributed by atoms with Gasteiger partial charge in [-0.15, -0.1) is 0 Å². The van der Waals surface area contributed by atoms with Crippen LogP contribution in [0.15, 0.2) is 48.8 Å². The summed E-state index contributed by atoms with van der Waals surface area (Å²) in [5.74, 6) is -0.950. The van der Waals surface area contributed by atoms with E-state index in [1.165, 1.54) is 0 Å². The van der Waals surface area contributed by atoms with Crippen LogP contribution >= 0.6 is 23.2 Å². The summed E-state index contributed by atoms with van der Waals surface area (Å²) in [7, 11) is 0. The molecule has 5 rings (SSSR count). The fourth-order valence-electron chi connectivity index (χ4n) is 4.95. The molecule has 2 aromatic carbocycles. The molecule has 2 aromatic heterocycles. The second kappa shape index (κ2) is 9.75. The molecule has 9 heteroatoms. The van der Waals surface area contributed by atoms with Crippen LogP contribution in [0.4, 0.5) is 0 Å². The van der Waals surface area contributed by atoms with Crippen molar-refractivity contribution in [3.63, 3.8) is 0 Å². The highest BCUT2D eigenvalue weighted by molar-refractivity contribution is 6.51. The van der Waals surface area contributed by atoms with Crippen LogP contribution in [0.3, 0.4) is 0 Å². The number of nitrogens with zero attached hydrogens (tertiary/aromatic N) is 2. The zero-order chi connectivity index (χ0) is 25.6. The molecule has 0 aliphatic carbocycles. The maximum Gasteiger partial charge on any atom is 0.259 e. The Labute approximate surface area is 218 Å². The van der Waals surface area contributed by atoms with E-state index >= 15 is 0 Å². The number of aliphatic hydroxyl groups is 1. The van der Waals surface area contributed by atoms with Crippen molar-refractivity contribution in [3.8, 4) is 0 Å². The van der Waals surface area contributed by atoms with Gasteiger partial charge in [-0.2, -0.15) is 0 Å². The van der Waals surface area contributed by atoms with Crippen molar-refractivity contribution in [2.75, 3.05) is 19.6 Å². The van der Waals surface area contributed by atoms with Gasteiger partial charge in [0.05, 0.1) is 17.3 Å². The second-order valence-electron chi connectivity index (χ2n) is 8.92. The van der Waals surface area contributed by atoms with E-state index < -0.39 is 17.9 Å². The third kappa shape index (κ3) is 4.33. The minimum Gasteiger partial charge on any atom is -0.390 e. The van der Waals surface area contributed by atoms with Gasteiger partial charge in [0.15, 0.2) is 0 Å². The van der Waals surface area contributed by atoms with Gasteiger partial charge in [-0.3, -0.25) is 14.9 Å². The van der Waals surface area contributed by atoms with Gasteiger partial charge in [-0.25, -0.2) is 0 Å². The molecule has 3 heterocycles. The molecule has 1 atom stereocenters. The van der Waals surface area contributed by atoms with Gasteiger partial charge >= 0.3 is 0 Å². The number of imide groups is 1. The van der Waals surface area contributed by atoms with Crippen LogP contribution in [0, 0.1) is 0 Å². The van der Waals surface area contributed by atoms with Crippen LogP contribution in [-0.4, -0.2) is 57.1 Å². The number of aliphatic hydroxyl groups excluding tert-OH is 1. The average Bonchev–Trinajstić information content (AvgIpc) is 3.49. The number of fused-ring (bicyclic) bond motifs is 2. The number of amides is 2. The number of rotatable bonds is 8. The molecule has 0 saturated heterocycles. The van der Waals surface area contributed by atoms with Gasteiger partial charge in [0.1, 0.15) is 0 Å². The molecule has 0 radical (unpaired) electrons. The summed E-state index contributed by atoms with van der Waals surface area (Å²) in [4.78, 5) is 31.5. The van der Waals surface area contributed by atoms with Gasteiger partial charge in [0, 0.05) is 68.5 Å². The van der Waals surface area contributed by atoms with Crippen molar-refractivity contribution in [1.29, 1.82) is 0 Å². The minimum atomic E-state index is -0.618. The van der Waals surface area contributed by atoms with Gasteiger partial charge in [-0.1, -0.05) is 37.0 Å². The number of H-pyrrole nitrogens is 1. The Kier molecular flexibility index (Phi) is 6.66. The number of likely N-dealkylation sites (N-methyl/N-ethyl adjacent to an activating group) is 1. The lowest BCUT2D eigenvalue weighted by Gasteiger charge is -2.22. The summed E-state index contributed by atoms with van der Waals surface area (Å²) in [5, 5.41) is 15.8.